The van der Waals surface area contributed by atoms with E-state index in [9.17, 15) is 14.9 Å². The highest BCUT2D eigenvalue weighted by Gasteiger charge is 2.26. The molecule has 0 radical (unpaired) electrons. The van der Waals surface area contributed by atoms with Crippen LogP contribution in [0.1, 0.15) is 32.4 Å². The number of carboxylic acid groups (broad SMARTS) is 1. The molecule has 0 saturated heterocycles. The third-order valence-electron chi connectivity index (χ3n) is 3.08. The summed E-state index contributed by atoms with van der Waals surface area (Å²) in [5.41, 5.74) is 0.231. The Morgan fingerprint density at radius 3 is 2.65 bits per heavy atom. The van der Waals surface area contributed by atoms with Crippen molar-refractivity contribution in [2.75, 3.05) is 11.9 Å². The molecule has 112 valence electrons. The van der Waals surface area contributed by atoms with Gasteiger partial charge in [-0.05, 0) is 20.3 Å². The van der Waals surface area contributed by atoms with E-state index in [0.717, 1.165) is 6.42 Å². The maximum Gasteiger partial charge on any atom is 0.333 e. The van der Waals surface area contributed by atoms with Crippen LogP contribution in [-0.2, 0) is 11.3 Å². The molecule has 8 nitrogen and oxygen atoms in total. The Morgan fingerprint density at radius 1 is 1.55 bits per heavy atom. The Labute approximate surface area is 116 Å². The fraction of sp³-hybridized carbons (Fsp3) is 0.667. The first kappa shape index (κ1) is 15.9. The molecule has 0 amide bonds. The predicted octanol–water partition coefficient (Wildman–Crippen LogP) is 2.03. The number of anilines is 1. The first-order chi connectivity index (χ1) is 9.42. The van der Waals surface area contributed by atoms with Crippen molar-refractivity contribution in [1.29, 1.82) is 0 Å². The highest BCUT2D eigenvalue weighted by molar-refractivity contribution is 5.71. The number of nitrogens with one attached hydrogen (secondary N) is 1. The molecule has 1 aromatic heterocycles. The van der Waals surface area contributed by atoms with Gasteiger partial charge in [0.25, 0.3) is 0 Å². The topological polar surface area (TPSA) is 110 Å². The molecule has 0 aromatic carbocycles. The molecule has 1 heterocycles. The molecule has 0 spiro atoms. The van der Waals surface area contributed by atoms with E-state index in [1.807, 2.05) is 13.8 Å². The van der Waals surface area contributed by atoms with Gasteiger partial charge in [0.15, 0.2) is 0 Å². The number of carboxylic acids is 1. The Kier molecular flexibility index (Phi) is 5.48. The van der Waals surface area contributed by atoms with E-state index < -0.39 is 16.8 Å². The van der Waals surface area contributed by atoms with Crippen LogP contribution in [-0.4, -0.2) is 32.3 Å². The summed E-state index contributed by atoms with van der Waals surface area (Å²) in [6, 6.07) is 0. The Balaban J connectivity index is 2.96. The lowest BCUT2D eigenvalue weighted by molar-refractivity contribution is -0.384. The van der Waals surface area contributed by atoms with Crippen molar-refractivity contribution in [2.45, 2.75) is 40.2 Å². The lowest BCUT2D eigenvalue weighted by Gasteiger charge is -2.13. The van der Waals surface area contributed by atoms with Gasteiger partial charge in [0, 0.05) is 13.1 Å². The summed E-state index contributed by atoms with van der Waals surface area (Å²) in [5.74, 6) is -1.20. The molecular formula is C12H20N4O4. The summed E-state index contributed by atoms with van der Waals surface area (Å²) >= 11 is 0. The van der Waals surface area contributed by atoms with E-state index in [2.05, 4.69) is 10.4 Å². The Hall–Kier alpha value is -2.12. The van der Waals surface area contributed by atoms with Crippen LogP contribution in [0.4, 0.5) is 11.5 Å². The molecule has 1 aromatic rings. The second-order valence-corrected chi connectivity index (χ2v) is 4.56. The molecule has 1 atom stereocenters. The largest absolute Gasteiger partial charge is 0.481 e. The zero-order valence-electron chi connectivity index (χ0n) is 11.9. The Morgan fingerprint density at radius 2 is 2.20 bits per heavy atom. The molecule has 0 fully saturated rings. The summed E-state index contributed by atoms with van der Waals surface area (Å²) in [6.07, 6.45) is 1.27. The van der Waals surface area contributed by atoms with Crippen molar-refractivity contribution in [3.8, 4) is 0 Å². The minimum atomic E-state index is -0.902. The van der Waals surface area contributed by atoms with E-state index in [-0.39, 0.29) is 18.1 Å². The highest BCUT2D eigenvalue weighted by Crippen LogP contribution is 2.28. The lowest BCUT2D eigenvalue weighted by atomic mass is 10.0. The molecule has 1 unspecified atom stereocenters. The summed E-state index contributed by atoms with van der Waals surface area (Å²) in [7, 11) is 0. The van der Waals surface area contributed by atoms with Crippen LogP contribution in [0.2, 0.25) is 0 Å². The second kappa shape index (κ2) is 6.88. The summed E-state index contributed by atoms with van der Waals surface area (Å²) in [5, 5.41) is 27.1. The molecule has 20 heavy (non-hydrogen) atoms. The van der Waals surface area contributed by atoms with Gasteiger partial charge in [-0.25, -0.2) is 4.68 Å². The van der Waals surface area contributed by atoms with Gasteiger partial charge in [0.1, 0.15) is 5.69 Å². The van der Waals surface area contributed by atoms with Gasteiger partial charge in [-0.1, -0.05) is 13.3 Å². The molecule has 0 saturated carbocycles. The molecule has 0 aliphatic heterocycles. The van der Waals surface area contributed by atoms with Gasteiger partial charge in [-0.2, -0.15) is 5.10 Å². The first-order valence-electron chi connectivity index (χ1n) is 6.60. The van der Waals surface area contributed by atoms with Crippen molar-refractivity contribution >= 4 is 17.5 Å². The molecular weight excluding hydrogens is 264 g/mol. The van der Waals surface area contributed by atoms with Crippen molar-refractivity contribution in [3.05, 3.63) is 15.8 Å². The van der Waals surface area contributed by atoms with E-state index in [1.165, 1.54) is 4.68 Å². The maximum atomic E-state index is 11.1. The first-order valence-corrected chi connectivity index (χ1v) is 6.60. The zero-order valence-corrected chi connectivity index (χ0v) is 11.9. The van der Waals surface area contributed by atoms with Crippen molar-refractivity contribution < 1.29 is 14.8 Å². The Bertz CT molecular complexity index is 498. The van der Waals surface area contributed by atoms with Crippen LogP contribution < -0.4 is 5.32 Å². The van der Waals surface area contributed by atoms with Gasteiger partial charge < -0.3 is 10.4 Å². The molecule has 0 aliphatic carbocycles. The number of aryl methyl sites for hydroxylation is 2. The molecule has 0 bridgehead atoms. The predicted molar refractivity (Wildman–Crippen MR) is 73.8 cm³/mol. The quantitative estimate of drug-likeness (QED) is 0.558. The molecule has 8 heteroatoms. The number of rotatable bonds is 8. The van der Waals surface area contributed by atoms with Crippen molar-refractivity contribution in [3.63, 3.8) is 0 Å². The van der Waals surface area contributed by atoms with Crippen molar-refractivity contribution in [2.24, 2.45) is 5.92 Å². The number of aromatic nitrogens is 2. The number of nitro groups is 1. The van der Waals surface area contributed by atoms with Crippen LogP contribution in [0.25, 0.3) is 0 Å². The zero-order chi connectivity index (χ0) is 15.3. The highest BCUT2D eigenvalue weighted by atomic mass is 16.6. The van der Waals surface area contributed by atoms with Crippen LogP contribution in [0.15, 0.2) is 0 Å². The van der Waals surface area contributed by atoms with Gasteiger partial charge in [0.2, 0.25) is 5.82 Å². The molecule has 1 rings (SSSR count). The van der Waals surface area contributed by atoms with E-state index in [4.69, 9.17) is 5.11 Å². The van der Waals surface area contributed by atoms with Gasteiger partial charge in [0.05, 0.1) is 10.8 Å². The fourth-order valence-electron chi connectivity index (χ4n) is 2.08. The minimum Gasteiger partial charge on any atom is -0.481 e. The van der Waals surface area contributed by atoms with Gasteiger partial charge in [-0.15, -0.1) is 0 Å². The van der Waals surface area contributed by atoms with Crippen LogP contribution in [0.3, 0.4) is 0 Å². The number of hydrogen-bond acceptors (Lipinski definition) is 5. The summed E-state index contributed by atoms with van der Waals surface area (Å²) < 4.78 is 1.48. The SMILES string of the molecule is CCCC(CNc1c([N+](=O)[O-])c(C)nn1CC)C(=O)O. The smallest absolute Gasteiger partial charge is 0.333 e. The number of nitrogens with zero attached hydrogens (tertiary/aromatic N) is 3. The van der Waals surface area contributed by atoms with E-state index in [1.54, 1.807) is 6.92 Å². The van der Waals surface area contributed by atoms with Gasteiger partial charge >= 0.3 is 11.7 Å². The number of carbonyl (C=O) groups is 1. The van der Waals surface area contributed by atoms with Crippen LogP contribution in [0, 0.1) is 23.0 Å². The fourth-order valence-corrected chi connectivity index (χ4v) is 2.08. The molecule has 0 aliphatic rings. The maximum absolute atomic E-state index is 11.1. The lowest BCUT2D eigenvalue weighted by Crippen LogP contribution is -2.24. The van der Waals surface area contributed by atoms with E-state index in [0.29, 0.717) is 18.7 Å². The van der Waals surface area contributed by atoms with Gasteiger partial charge in [-0.3, -0.25) is 14.9 Å². The standard InChI is InChI=1S/C12H20N4O4/c1-4-6-9(12(17)18)7-13-11-10(16(19)20)8(3)14-15(11)5-2/h9,13H,4-7H2,1-3H3,(H,17,18). The summed E-state index contributed by atoms with van der Waals surface area (Å²) in [4.78, 5) is 21.7. The third-order valence-corrected chi connectivity index (χ3v) is 3.08. The molecule has 2 N–H and O–H groups in total. The number of hydrogen-bond donors (Lipinski definition) is 2. The van der Waals surface area contributed by atoms with Crippen molar-refractivity contribution in [1.82, 2.24) is 9.78 Å². The van der Waals surface area contributed by atoms with Crippen LogP contribution >= 0.6 is 0 Å². The monoisotopic (exact) mass is 284 g/mol. The average molecular weight is 284 g/mol. The minimum absolute atomic E-state index is 0.0903. The normalized spacial score (nSPS) is 12.2. The second-order valence-electron chi connectivity index (χ2n) is 4.56. The average Bonchev–Trinajstić information content (AvgIpc) is 2.70. The van der Waals surface area contributed by atoms with E-state index >= 15 is 0 Å². The summed E-state index contributed by atoms with van der Waals surface area (Å²) in [6.45, 7) is 5.91. The third kappa shape index (κ3) is 3.46. The number of aliphatic carboxylic acids is 1. The van der Waals surface area contributed by atoms with Crippen LogP contribution in [0.5, 0.6) is 0 Å².